The summed E-state index contributed by atoms with van der Waals surface area (Å²) in [5, 5.41) is 3.18. The first kappa shape index (κ1) is 18.0. The van der Waals surface area contributed by atoms with Crippen LogP contribution in [-0.2, 0) is 0 Å². The minimum atomic E-state index is -0.0466. The van der Waals surface area contributed by atoms with Crippen molar-refractivity contribution >= 4 is 17.4 Å². The predicted octanol–water partition coefficient (Wildman–Crippen LogP) is 3.11. The summed E-state index contributed by atoms with van der Waals surface area (Å²) < 4.78 is 10.5. The maximum absolute atomic E-state index is 12.7. The van der Waals surface area contributed by atoms with Crippen LogP contribution in [0.25, 0.3) is 0 Å². The molecule has 7 heteroatoms. The normalized spacial score (nSPS) is 14.8. The maximum atomic E-state index is 12.7. The summed E-state index contributed by atoms with van der Waals surface area (Å²) in [5.41, 5.74) is 1.18. The Morgan fingerprint density at radius 2 is 1.85 bits per heavy atom. The van der Waals surface area contributed by atoms with E-state index in [0.717, 1.165) is 31.6 Å². The van der Waals surface area contributed by atoms with Gasteiger partial charge in [0.05, 0.1) is 14.2 Å². The summed E-state index contributed by atoms with van der Waals surface area (Å²) in [6, 6.07) is 7.16. The molecule has 1 saturated heterocycles. The molecule has 1 N–H and O–H groups in total. The van der Waals surface area contributed by atoms with E-state index in [0.29, 0.717) is 28.9 Å². The van der Waals surface area contributed by atoms with Crippen molar-refractivity contribution in [1.82, 2.24) is 14.9 Å². The van der Waals surface area contributed by atoms with E-state index in [4.69, 9.17) is 9.47 Å². The number of benzene rings is 1. The van der Waals surface area contributed by atoms with E-state index in [9.17, 15) is 4.79 Å². The number of nitrogens with zero attached hydrogens (tertiary/aromatic N) is 3. The van der Waals surface area contributed by atoms with Gasteiger partial charge in [0, 0.05) is 30.9 Å². The zero-order chi connectivity index (χ0) is 18.5. The Morgan fingerprint density at radius 1 is 1.12 bits per heavy atom. The summed E-state index contributed by atoms with van der Waals surface area (Å²) >= 11 is 0. The van der Waals surface area contributed by atoms with Crippen LogP contribution in [0.1, 0.15) is 30.3 Å². The number of methoxy groups -OCH3 is 2. The highest BCUT2D eigenvalue weighted by Gasteiger charge is 2.22. The van der Waals surface area contributed by atoms with Crippen molar-refractivity contribution in [2.45, 2.75) is 19.8 Å². The largest absolute Gasteiger partial charge is 0.493 e. The first-order chi connectivity index (χ1) is 12.6. The summed E-state index contributed by atoms with van der Waals surface area (Å²) in [4.78, 5) is 22.9. The zero-order valence-corrected chi connectivity index (χ0v) is 15.4. The Kier molecular flexibility index (Phi) is 5.55. The number of nitrogens with one attached hydrogen (secondary N) is 1. The molecular formula is C19H24N4O3. The van der Waals surface area contributed by atoms with Crippen LogP contribution in [0.15, 0.2) is 30.6 Å². The van der Waals surface area contributed by atoms with E-state index < -0.39 is 0 Å². The molecule has 7 nitrogen and oxygen atoms in total. The third kappa shape index (κ3) is 4.04. The molecule has 138 valence electrons. The molecule has 0 spiro atoms. The Bertz CT molecular complexity index is 773. The van der Waals surface area contributed by atoms with Crippen molar-refractivity contribution in [1.29, 1.82) is 0 Å². The van der Waals surface area contributed by atoms with Gasteiger partial charge in [-0.1, -0.05) is 6.92 Å². The first-order valence-corrected chi connectivity index (χ1v) is 8.71. The van der Waals surface area contributed by atoms with Gasteiger partial charge in [0.2, 0.25) is 0 Å². The maximum Gasteiger partial charge on any atom is 0.272 e. The summed E-state index contributed by atoms with van der Waals surface area (Å²) in [6.45, 7) is 3.78. The van der Waals surface area contributed by atoms with Crippen molar-refractivity contribution in [3.05, 3.63) is 36.3 Å². The Balaban J connectivity index is 1.74. The van der Waals surface area contributed by atoms with Crippen LogP contribution < -0.4 is 14.8 Å². The van der Waals surface area contributed by atoms with Crippen LogP contribution in [0, 0.1) is 5.92 Å². The van der Waals surface area contributed by atoms with E-state index >= 15 is 0 Å². The van der Waals surface area contributed by atoms with Crippen LogP contribution >= 0.6 is 0 Å². The predicted molar refractivity (Wildman–Crippen MR) is 99.2 cm³/mol. The van der Waals surface area contributed by atoms with Gasteiger partial charge < -0.3 is 19.7 Å². The molecule has 0 unspecified atom stereocenters. The summed E-state index contributed by atoms with van der Waals surface area (Å²) in [5.74, 6) is 2.45. The van der Waals surface area contributed by atoms with Gasteiger partial charge >= 0.3 is 0 Å². The number of hydrogen-bond donors (Lipinski definition) is 1. The smallest absolute Gasteiger partial charge is 0.272 e. The van der Waals surface area contributed by atoms with Crippen molar-refractivity contribution in [2.24, 2.45) is 5.92 Å². The second kappa shape index (κ2) is 8.03. The number of amides is 1. The Labute approximate surface area is 153 Å². The number of aromatic nitrogens is 2. The Morgan fingerprint density at radius 3 is 2.54 bits per heavy atom. The van der Waals surface area contributed by atoms with Gasteiger partial charge in [-0.2, -0.15) is 0 Å². The lowest BCUT2D eigenvalue weighted by molar-refractivity contribution is 0.0691. The standard InChI is InChI=1S/C19H24N4O3/c1-13-6-8-23(9-7-13)19(24)15-11-18(21-12-20-15)22-14-4-5-16(25-2)17(10-14)26-3/h4-5,10-13H,6-9H2,1-3H3,(H,20,21,22). The second-order valence-electron chi connectivity index (χ2n) is 6.46. The molecule has 3 rings (SSSR count). The van der Waals surface area contributed by atoms with Crippen LogP contribution in [-0.4, -0.2) is 48.1 Å². The summed E-state index contributed by atoms with van der Waals surface area (Å²) in [6.07, 6.45) is 3.48. The zero-order valence-electron chi connectivity index (χ0n) is 15.4. The topological polar surface area (TPSA) is 76.6 Å². The average Bonchev–Trinajstić information content (AvgIpc) is 2.68. The van der Waals surface area contributed by atoms with Crippen molar-refractivity contribution in [3.63, 3.8) is 0 Å². The fraction of sp³-hybridized carbons (Fsp3) is 0.421. The molecule has 0 saturated carbocycles. The minimum Gasteiger partial charge on any atom is -0.493 e. The van der Waals surface area contributed by atoms with Gasteiger partial charge in [0.25, 0.3) is 5.91 Å². The van der Waals surface area contributed by atoms with Gasteiger partial charge in [-0.25, -0.2) is 9.97 Å². The third-order valence-corrected chi connectivity index (χ3v) is 4.61. The van der Waals surface area contributed by atoms with E-state index in [2.05, 4.69) is 22.2 Å². The monoisotopic (exact) mass is 356 g/mol. The molecule has 1 amide bonds. The lowest BCUT2D eigenvalue weighted by atomic mass is 9.99. The number of hydrogen-bond acceptors (Lipinski definition) is 6. The molecule has 2 aromatic rings. The molecule has 0 radical (unpaired) electrons. The average molecular weight is 356 g/mol. The van der Waals surface area contributed by atoms with Crippen molar-refractivity contribution < 1.29 is 14.3 Å². The molecule has 26 heavy (non-hydrogen) atoms. The highest BCUT2D eigenvalue weighted by atomic mass is 16.5. The van der Waals surface area contributed by atoms with Crippen molar-refractivity contribution in [2.75, 3.05) is 32.6 Å². The number of rotatable bonds is 5. The van der Waals surface area contributed by atoms with E-state index in [1.807, 2.05) is 23.1 Å². The minimum absolute atomic E-state index is 0.0466. The molecule has 1 aromatic carbocycles. The van der Waals surface area contributed by atoms with Crippen molar-refractivity contribution in [3.8, 4) is 11.5 Å². The van der Waals surface area contributed by atoms with E-state index in [1.165, 1.54) is 6.33 Å². The molecule has 0 bridgehead atoms. The van der Waals surface area contributed by atoms with Crippen LogP contribution in [0.2, 0.25) is 0 Å². The molecule has 0 atom stereocenters. The molecule has 1 aliphatic rings. The molecule has 1 aliphatic heterocycles. The number of carbonyl (C=O) groups excluding carboxylic acids is 1. The van der Waals surface area contributed by atoms with Gasteiger partial charge in [-0.15, -0.1) is 0 Å². The molecular weight excluding hydrogens is 332 g/mol. The van der Waals surface area contributed by atoms with Crippen LogP contribution in [0.3, 0.4) is 0 Å². The first-order valence-electron chi connectivity index (χ1n) is 8.71. The van der Waals surface area contributed by atoms with Gasteiger partial charge in [-0.05, 0) is 30.9 Å². The van der Waals surface area contributed by atoms with Crippen LogP contribution in [0.5, 0.6) is 11.5 Å². The lowest BCUT2D eigenvalue weighted by Gasteiger charge is -2.30. The van der Waals surface area contributed by atoms with Gasteiger partial charge in [0.1, 0.15) is 17.8 Å². The fourth-order valence-electron chi connectivity index (χ4n) is 2.98. The van der Waals surface area contributed by atoms with E-state index in [-0.39, 0.29) is 5.91 Å². The highest BCUT2D eigenvalue weighted by Crippen LogP contribution is 2.30. The number of ether oxygens (including phenoxy) is 2. The SMILES string of the molecule is COc1ccc(Nc2cc(C(=O)N3CCC(C)CC3)ncn2)cc1OC. The Hall–Kier alpha value is -2.83. The fourth-order valence-corrected chi connectivity index (χ4v) is 2.98. The number of anilines is 2. The molecule has 2 heterocycles. The molecule has 1 aromatic heterocycles. The quantitative estimate of drug-likeness (QED) is 0.887. The van der Waals surface area contributed by atoms with E-state index in [1.54, 1.807) is 20.3 Å². The molecule has 0 aliphatic carbocycles. The highest BCUT2D eigenvalue weighted by molar-refractivity contribution is 5.93. The molecule has 1 fully saturated rings. The van der Waals surface area contributed by atoms with Crippen LogP contribution in [0.4, 0.5) is 11.5 Å². The lowest BCUT2D eigenvalue weighted by Crippen LogP contribution is -2.38. The number of piperidine rings is 1. The number of carbonyl (C=O) groups is 1. The van der Waals surface area contributed by atoms with Gasteiger partial charge in [-0.3, -0.25) is 4.79 Å². The second-order valence-corrected chi connectivity index (χ2v) is 6.46. The number of likely N-dealkylation sites (tertiary alicyclic amines) is 1. The third-order valence-electron chi connectivity index (χ3n) is 4.61. The van der Waals surface area contributed by atoms with Gasteiger partial charge in [0.15, 0.2) is 11.5 Å². The summed E-state index contributed by atoms with van der Waals surface area (Å²) in [7, 11) is 3.18.